The minimum absolute atomic E-state index is 0.0685. The van der Waals surface area contributed by atoms with Crippen LogP contribution in [0, 0.1) is 0 Å². The van der Waals surface area contributed by atoms with E-state index in [1.54, 1.807) is 0 Å². The van der Waals surface area contributed by atoms with Crippen molar-refractivity contribution in [2.24, 2.45) is 0 Å². The van der Waals surface area contributed by atoms with Crippen molar-refractivity contribution in [3.05, 3.63) is 24.3 Å². The molecule has 1 heterocycles. The van der Waals surface area contributed by atoms with Crippen LogP contribution in [-0.4, -0.2) is 57.6 Å². The Bertz CT molecular complexity index is 466. The maximum absolute atomic E-state index is 11.9. The molecule has 5 heteroatoms. The zero-order valence-electron chi connectivity index (χ0n) is 14.5. The lowest BCUT2D eigenvalue weighted by Gasteiger charge is -2.17. The van der Waals surface area contributed by atoms with E-state index in [0.29, 0.717) is 6.42 Å². The lowest BCUT2D eigenvalue weighted by atomic mass is 10.2. The first kappa shape index (κ1) is 17.8. The highest BCUT2D eigenvalue weighted by Gasteiger charge is 2.12. The minimum Gasteiger partial charge on any atom is -0.372 e. The number of anilines is 2. The number of hydrogen-bond donors (Lipinski definition) is 2. The standard InChI is InChI=1S/C18H30N4O/c1-21(2)13-5-11-19-12-10-18(23)20-16-6-8-17(9-7-16)22-14-3-4-15-22/h6-9,19H,3-5,10-15H2,1-2H3,(H,20,23). The molecule has 0 spiro atoms. The van der Waals surface area contributed by atoms with Gasteiger partial charge in [0.15, 0.2) is 0 Å². The Labute approximate surface area is 140 Å². The van der Waals surface area contributed by atoms with E-state index in [1.807, 2.05) is 12.1 Å². The van der Waals surface area contributed by atoms with E-state index in [0.717, 1.165) is 44.8 Å². The molecule has 1 fully saturated rings. The topological polar surface area (TPSA) is 47.6 Å². The number of hydrogen-bond acceptors (Lipinski definition) is 4. The maximum Gasteiger partial charge on any atom is 0.225 e. The van der Waals surface area contributed by atoms with Crippen LogP contribution in [0.15, 0.2) is 24.3 Å². The van der Waals surface area contributed by atoms with Crippen molar-refractivity contribution in [1.82, 2.24) is 10.2 Å². The largest absolute Gasteiger partial charge is 0.372 e. The third-order valence-corrected chi connectivity index (χ3v) is 4.11. The number of nitrogens with zero attached hydrogens (tertiary/aromatic N) is 2. The Balaban J connectivity index is 1.63. The smallest absolute Gasteiger partial charge is 0.225 e. The lowest BCUT2D eigenvalue weighted by Crippen LogP contribution is -2.25. The molecule has 1 aromatic rings. The predicted octanol–water partition coefficient (Wildman–Crippen LogP) is 2.16. The molecule has 0 saturated carbocycles. The molecule has 128 valence electrons. The number of nitrogens with one attached hydrogen (secondary N) is 2. The Kier molecular flexibility index (Phi) is 7.36. The molecule has 0 unspecified atom stereocenters. The number of carbonyl (C=O) groups is 1. The molecule has 1 amide bonds. The van der Waals surface area contributed by atoms with E-state index in [1.165, 1.54) is 18.5 Å². The first-order chi connectivity index (χ1) is 11.1. The average molecular weight is 318 g/mol. The summed E-state index contributed by atoms with van der Waals surface area (Å²) in [6.07, 6.45) is 4.17. The van der Waals surface area contributed by atoms with Crippen LogP contribution in [0.4, 0.5) is 11.4 Å². The van der Waals surface area contributed by atoms with Gasteiger partial charge in [0.05, 0.1) is 0 Å². The zero-order valence-corrected chi connectivity index (χ0v) is 14.5. The van der Waals surface area contributed by atoms with Crippen LogP contribution in [0.25, 0.3) is 0 Å². The molecule has 1 aromatic carbocycles. The molecule has 1 aliphatic rings. The van der Waals surface area contributed by atoms with Crippen molar-refractivity contribution in [2.75, 3.05) is 57.0 Å². The number of amides is 1. The van der Waals surface area contributed by atoms with Gasteiger partial charge in [-0.3, -0.25) is 4.79 Å². The van der Waals surface area contributed by atoms with Gasteiger partial charge in [0.25, 0.3) is 0 Å². The van der Waals surface area contributed by atoms with Gasteiger partial charge in [0.1, 0.15) is 0 Å². The summed E-state index contributed by atoms with van der Waals surface area (Å²) in [6, 6.07) is 8.19. The quantitative estimate of drug-likeness (QED) is 0.685. The predicted molar refractivity (Wildman–Crippen MR) is 97.2 cm³/mol. The van der Waals surface area contributed by atoms with Gasteiger partial charge in [0.2, 0.25) is 5.91 Å². The average Bonchev–Trinajstić information content (AvgIpc) is 3.05. The molecule has 23 heavy (non-hydrogen) atoms. The van der Waals surface area contributed by atoms with Crippen molar-refractivity contribution in [2.45, 2.75) is 25.7 Å². The second kappa shape index (κ2) is 9.53. The normalized spacial score (nSPS) is 14.5. The maximum atomic E-state index is 11.9. The van der Waals surface area contributed by atoms with E-state index in [9.17, 15) is 4.79 Å². The van der Waals surface area contributed by atoms with E-state index >= 15 is 0 Å². The van der Waals surface area contributed by atoms with Crippen LogP contribution in [0.5, 0.6) is 0 Å². The Morgan fingerprint density at radius 2 is 1.83 bits per heavy atom. The summed E-state index contributed by atoms with van der Waals surface area (Å²) in [5.41, 5.74) is 2.13. The molecule has 5 nitrogen and oxygen atoms in total. The first-order valence-electron chi connectivity index (χ1n) is 8.65. The summed E-state index contributed by atoms with van der Waals surface area (Å²) in [4.78, 5) is 16.5. The lowest BCUT2D eigenvalue weighted by molar-refractivity contribution is -0.116. The SMILES string of the molecule is CN(C)CCCNCCC(=O)Nc1ccc(N2CCCC2)cc1. The van der Waals surface area contributed by atoms with Crippen LogP contribution >= 0.6 is 0 Å². The molecular formula is C18H30N4O. The molecule has 1 aliphatic heterocycles. The molecule has 0 bridgehead atoms. The molecule has 1 saturated heterocycles. The Morgan fingerprint density at radius 3 is 2.48 bits per heavy atom. The van der Waals surface area contributed by atoms with Gasteiger partial charge in [-0.1, -0.05) is 0 Å². The molecule has 0 aromatic heterocycles. The summed E-state index contributed by atoms with van der Waals surface area (Å²) in [5.74, 6) is 0.0685. The number of carbonyl (C=O) groups excluding carboxylic acids is 1. The third kappa shape index (κ3) is 6.59. The molecule has 0 atom stereocenters. The van der Waals surface area contributed by atoms with Gasteiger partial charge in [-0.2, -0.15) is 0 Å². The summed E-state index contributed by atoms with van der Waals surface area (Å²) >= 11 is 0. The fourth-order valence-corrected chi connectivity index (χ4v) is 2.80. The molecule has 0 aliphatic carbocycles. The number of benzene rings is 1. The second-order valence-electron chi connectivity index (χ2n) is 6.45. The van der Waals surface area contributed by atoms with Gasteiger partial charge in [-0.25, -0.2) is 0 Å². The number of rotatable bonds is 9. The summed E-state index contributed by atoms with van der Waals surface area (Å²) in [7, 11) is 4.14. The molecule has 2 N–H and O–H groups in total. The molecule has 2 rings (SSSR count). The van der Waals surface area contributed by atoms with Gasteiger partial charge in [0, 0.05) is 37.4 Å². The van der Waals surface area contributed by atoms with Gasteiger partial charge < -0.3 is 20.4 Å². The first-order valence-corrected chi connectivity index (χ1v) is 8.65. The van der Waals surface area contributed by atoms with Crippen LogP contribution in [0.2, 0.25) is 0 Å². The van der Waals surface area contributed by atoms with Crippen LogP contribution in [0.3, 0.4) is 0 Å². The second-order valence-corrected chi connectivity index (χ2v) is 6.45. The fourth-order valence-electron chi connectivity index (χ4n) is 2.80. The van der Waals surface area contributed by atoms with Crippen molar-refractivity contribution in [1.29, 1.82) is 0 Å². The van der Waals surface area contributed by atoms with Crippen molar-refractivity contribution in [3.63, 3.8) is 0 Å². The highest BCUT2D eigenvalue weighted by atomic mass is 16.1. The van der Waals surface area contributed by atoms with E-state index < -0.39 is 0 Å². The van der Waals surface area contributed by atoms with Crippen LogP contribution in [-0.2, 0) is 4.79 Å². The molecular weight excluding hydrogens is 288 g/mol. The minimum atomic E-state index is 0.0685. The van der Waals surface area contributed by atoms with Gasteiger partial charge >= 0.3 is 0 Å². The Hall–Kier alpha value is -1.59. The zero-order chi connectivity index (χ0) is 16.5. The van der Waals surface area contributed by atoms with E-state index in [-0.39, 0.29) is 5.91 Å². The highest BCUT2D eigenvalue weighted by Crippen LogP contribution is 2.21. The van der Waals surface area contributed by atoms with Gasteiger partial charge in [-0.05, 0) is 70.7 Å². The van der Waals surface area contributed by atoms with Crippen molar-refractivity contribution >= 4 is 17.3 Å². The summed E-state index contributed by atoms with van der Waals surface area (Å²) in [6.45, 7) is 5.04. The van der Waals surface area contributed by atoms with Crippen LogP contribution in [0.1, 0.15) is 25.7 Å². The fraction of sp³-hybridized carbons (Fsp3) is 0.611. The van der Waals surface area contributed by atoms with Crippen molar-refractivity contribution in [3.8, 4) is 0 Å². The highest BCUT2D eigenvalue weighted by molar-refractivity contribution is 5.91. The monoisotopic (exact) mass is 318 g/mol. The summed E-state index contributed by atoms with van der Waals surface area (Å²) in [5, 5.41) is 6.27. The Morgan fingerprint density at radius 1 is 1.13 bits per heavy atom. The summed E-state index contributed by atoms with van der Waals surface area (Å²) < 4.78 is 0. The van der Waals surface area contributed by atoms with Crippen LogP contribution < -0.4 is 15.5 Å². The third-order valence-electron chi connectivity index (χ3n) is 4.11. The van der Waals surface area contributed by atoms with Crippen molar-refractivity contribution < 1.29 is 4.79 Å². The van der Waals surface area contributed by atoms with E-state index in [4.69, 9.17) is 0 Å². The van der Waals surface area contributed by atoms with E-state index in [2.05, 4.69) is 46.7 Å². The van der Waals surface area contributed by atoms with Gasteiger partial charge in [-0.15, -0.1) is 0 Å². The molecule has 0 radical (unpaired) electrons.